The number of thioether (sulfide) groups is 1. The lowest BCUT2D eigenvalue weighted by Crippen LogP contribution is -2.58. The molecule has 3 N–H and O–H groups in total. The van der Waals surface area contributed by atoms with Crippen molar-refractivity contribution in [1.82, 2.24) is 30.5 Å². The number of halogens is 1. The van der Waals surface area contributed by atoms with Gasteiger partial charge in [-0.3, -0.25) is 14.4 Å². The van der Waals surface area contributed by atoms with E-state index in [4.69, 9.17) is 0 Å². The van der Waals surface area contributed by atoms with Gasteiger partial charge < -0.3 is 20.6 Å². The van der Waals surface area contributed by atoms with Crippen LogP contribution in [0.4, 0.5) is 0 Å². The zero-order chi connectivity index (χ0) is 28.9. The summed E-state index contributed by atoms with van der Waals surface area (Å²) >= 11 is 5.37. The van der Waals surface area contributed by atoms with Gasteiger partial charge in [-0.1, -0.05) is 77.5 Å². The number of para-hydroxylation sites is 1. The molecule has 2 bridgehead atoms. The van der Waals surface area contributed by atoms with Crippen LogP contribution in [-0.2, 0) is 27.6 Å². The first-order valence-corrected chi connectivity index (χ1v) is 15.7. The first-order valence-electron chi connectivity index (χ1n) is 13.9. The number of fused-ring (bicyclic) bond motifs is 2. The zero-order valence-electron chi connectivity index (χ0n) is 22.8. The van der Waals surface area contributed by atoms with Gasteiger partial charge in [0, 0.05) is 16.6 Å². The molecule has 12 heteroatoms. The quantitative estimate of drug-likeness (QED) is 0.306. The average molecular weight is 642 g/mol. The highest BCUT2D eigenvalue weighted by molar-refractivity contribution is 9.09. The van der Waals surface area contributed by atoms with Gasteiger partial charge in [-0.25, -0.2) is 4.68 Å². The van der Waals surface area contributed by atoms with Gasteiger partial charge in [0.15, 0.2) is 0 Å². The topological polar surface area (TPSA) is 129 Å². The Kier molecular flexibility index (Phi) is 7.58. The van der Waals surface area contributed by atoms with Gasteiger partial charge in [0.2, 0.25) is 17.7 Å². The number of carbonyl (C=O) groups is 3. The highest BCUT2D eigenvalue weighted by atomic mass is 79.9. The second-order valence-corrected chi connectivity index (χ2v) is 14.1. The number of rotatable bonds is 9. The van der Waals surface area contributed by atoms with Crippen LogP contribution in [0.15, 0.2) is 54.6 Å². The van der Waals surface area contributed by atoms with Crippen molar-refractivity contribution >= 4 is 56.4 Å². The SMILES string of the molecule is CC(C)[C@H](CO)N1C(=O)[C@@H]2[C@@H](C(=O)NCc3ccccc3)[C@@H]3SC2(CC3Br)C1C(=O)NCn1nnc2ccccc21. The molecule has 7 atom stereocenters. The number of amides is 3. The molecule has 1 spiro atoms. The summed E-state index contributed by atoms with van der Waals surface area (Å²) in [7, 11) is 0. The molecule has 3 unspecified atom stereocenters. The summed E-state index contributed by atoms with van der Waals surface area (Å²) in [6, 6.07) is 15.7. The number of nitrogens with zero attached hydrogens (tertiary/aromatic N) is 4. The normalized spacial score (nSPS) is 29.2. The van der Waals surface area contributed by atoms with E-state index in [-0.39, 0.29) is 47.0 Å². The summed E-state index contributed by atoms with van der Waals surface area (Å²) in [6.07, 6.45) is 0.568. The molecule has 3 amide bonds. The van der Waals surface area contributed by atoms with Crippen LogP contribution >= 0.6 is 27.7 Å². The van der Waals surface area contributed by atoms with Gasteiger partial charge in [0.25, 0.3) is 0 Å². The van der Waals surface area contributed by atoms with E-state index < -0.39 is 28.7 Å². The summed E-state index contributed by atoms with van der Waals surface area (Å²) in [5.74, 6) is -2.11. The monoisotopic (exact) mass is 640 g/mol. The van der Waals surface area contributed by atoms with Crippen LogP contribution in [0.5, 0.6) is 0 Å². The van der Waals surface area contributed by atoms with Crippen LogP contribution in [0, 0.1) is 17.8 Å². The number of aromatic nitrogens is 3. The third-order valence-electron chi connectivity index (χ3n) is 8.72. The van der Waals surface area contributed by atoms with E-state index in [1.54, 1.807) is 21.3 Å². The van der Waals surface area contributed by atoms with Crippen molar-refractivity contribution in [2.24, 2.45) is 17.8 Å². The van der Waals surface area contributed by atoms with E-state index >= 15 is 0 Å². The van der Waals surface area contributed by atoms with Crippen molar-refractivity contribution < 1.29 is 19.5 Å². The molecular formula is C29H33BrN6O4S. The summed E-state index contributed by atoms with van der Waals surface area (Å²) in [5, 5.41) is 24.6. The van der Waals surface area contributed by atoms with Crippen molar-refractivity contribution in [1.29, 1.82) is 0 Å². The Morgan fingerprint density at radius 2 is 1.85 bits per heavy atom. The number of aliphatic hydroxyl groups excluding tert-OH is 1. The number of alkyl halides is 1. The van der Waals surface area contributed by atoms with Crippen LogP contribution < -0.4 is 10.6 Å². The second kappa shape index (κ2) is 11.0. The number of hydrogen-bond donors (Lipinski definition) is 3. The van der Waals surface area contributed by atoms with Crippen LogP contribution in [-0.4, -0.2) is 76.2 Å². The van der Waals surface area contributed by atoms with Crippen LogP contribution in [0.1, 0.15) is 25.8 Å². The molecule has 0 radical (unpaired) electrons. The van der Waals surface area contributed by atoms with Gasteiger partial charge in [-0.05, 0) is 30.0 Å². The van der Waals surface area contributed by atoms with Crippen LogP contribution in [0.25, 0.3) is 11.0 Å². The summed E-state index contributed by atoms with van der Waals surface area (Å²) in [4.78, 5) is 43.7. The first kappa shape index (κ1) is 28.2. The Morgan fingerprint density at radius 3 is 2.59 bits per heavy atom. The number of likely N-dealkylation sites (tertiary alicyclic amines) is 1. The molecule has 0 aliphatic carbocycles. The Morgan fingerprint density at radius 1 is 1.12 bits per heavy atom. The molecule has 3 aliphatic rings. The van der Waals surface area contributed by atoms with E-state index in [0.29, 0.717) is 13.0 Å². The van der Waals surface area contributed by atoms with Gasteiger partial charge in [-0.2, -0.15) is 0 Å². The van der Waals surface area contributed by atoms with Crippen molar-refractivity contribution in [3.05, 3.63) is 60.2 Å². The lowest BCUT2D eigenvalue weighted by Gasteiger charge is -2.38. The van der Waals surface area contributed by atoms with Gasteiger partial charge in [-0.15, -0.1) is 16.9 Å². The Bertz CT molecular complexity index is 1470. The minimum absolute atomic E-state index is 0.0369. The molecule has 4 heterocycles. The smallest absolute Gasteiger partial charge is 0.245 e. The van der Waals surface area contributed by atoms with Crippen LogP contribution in [0.3, 0.4) is 0 Å². The zero-order valence-corrected chi connectivity index (χ0v) is 25.2. The third-order valence-corrected chi connectivity index (χ3v) is 11.9. The maximum Gasteiger partial charge on any atom is 0.245 e. The highest BCUT2D eigenvalue weighted by Gasteiger charge is 2.76. The van der Waals surface area contributed by atoms with Gasteiger partial charge >= 0.3 is 0 Å². The molecule has 1 aromatic heterocycles. The fourth-order valence-electron chi connectivity index (χ4n) is 6.83. The van der Waals surface area contributed by atoms with Gasteiger partial charge in [0.05, 0.1) is 34.7 Å². The summed E-state index contributed by atoms with van der Waals surface area (Å²) < 4.78 is 0.809. The van der Waals surface area contributed by atoms with E-state index in [9.17, 15) is 19.5 Å². The largest absolute Gasteiger partial charge is 0.394 e. The number of hydrogen-bond acceptors (Lipinski definition) is 7. The number of aliphatic hydroxyl groups is 1. The molecule has 2 aromatic carbocycles. The van der Waals surface area contributed by atoms with Crippen molar-refractivity contribution in [3.8, 4) is 0 Å². The molecule has 216 valence electrons. The molecule has 0 saturated carbocycles. The van der Waals surface area contributed by atoms with Crippen molar-refractivity contribution in [2.45, 2.75) is 60.4 Å². The Labute approximate surface area is 250 Å². The standard InChI is InChI=1S/C29H33BrN6O4S/c1-16(2)21(14-37)36-25(27(39)32-15-35-20-11-7-6-10-19(20)33-34-35)29-12-18(30)24(41-29)22(23(29)28(36)40)26(38)31-13-17-8-4-3-5-9-17/h3-11,16,18,21-25,37H,12-15H2,1-2H3,(H,31,38)(H,32,39)/t18?,21-,22+,23-,24+,25?,29?/m0/s1. The second-order valence-electron chi connectivity index (χ2n) is 11.4. The fraction of sp³-hybridized carbons (Fsp3) is 0.483. The average Bonchev–Trinajstić information content (AvgIpc) is 3.69. The predicted molar refractivity (Wildman–Crippen MR) is 159 cm³/mol. The van der Waals surface area contributed by atoms with Crippen molar-refractivity contribution in [2.75, 3.05) is 6.61 Å². The highest BCUT2D eigenvalue weighted by Crippen LogP contribution is 2.68. The maximum absolute atomic E-state index is 14.3. The predicted octanol–water partition coefficient (Wildman–Crippen LogP) is 2.30. The molecule has 41 heavy (non-hydrogen) atoms. The lowest BCUT2D eigenvalue weighted by molar-refractivity contribution is -0.143. The minimum Gasteiger partial charge on any atom is -0.394 e. The molecular weight excluding hydrogens is 608 g/mol. The lowest BCUT2D eigenvalue weighted by atomic mass is 9.70. The molecule has 3 aliphatic heterocycles. The number of carbonyl (C=O) groups excluding carboxylic acids is 3. The van der Waals surface area contributed by atoms with Crippen molar-refractivity contribution in [3.63, 3.8) is 0 Å². The molecule has 3 aromatic rings. The minimum atomic E-state index is -0.851. The van der Waals surface area contributed by atoms with E-state index in [1.165, 1.54) is 0 Å². The fourth-order valence-corrected chi connectivity index (χ4v) is 10.4. The first-order chi connectivity index (χ1) is 19.8. The molecule has 3 saturated heterocycles. The molecule has 3 fully saturated rings. The van der Waals surface area contributed by atoms with E-state index in [2.05, 4.69) is 36.9 Å². The van der Waals surface area contributed by atoms with E-state index in [1.807, 2.05) is 68.4 Å². The summed E-state index contributed by atoms with van der Waals surface area (Å²) in [6.45, 7) is 4.02. The van der Waals surface area contributed by atoms with E-state index in [0.717, 1.165) is 16.6 Å². The van der Waals surface area contributed by atoms with Crippen LogP contribution in [0.2, 0.25) is 0 Å². The van der Waals surface area contributed by atoms with Gasteiger partial charge in [0.1, 0.15) is 18.2 Å². The number of benzene rings is 2. The number of nitrogens with one attached hydrogen (secondary N) is 2. The summed E-state index contributed by atoms with van der Waals surface area (Å²) in [5.41, 5.74) is 2.47. The Hall–Kier alpha value is -2.96. The molecule has 10 nitrogen and oxygen atoms in total. The maximum atomic E-state index is 14.3. The third kappa shape index (κ3) is 4.64. The Balaban J connectivity index is 1.31. The molecule has 6 rings (SSSR count).